The minimum Gasteiger partial charge on any atom is -0.368 e. The number of ether oxygens (including phenoxy) is 1. The minimum atomic E-state index is -0.589. The molecular formula is C8H15NO2. The van der Waals surface area contributed by atoms with E-state index in [4.69, 9.17) is 4.74 Å². The van der Waals surface area contributed by atoms with Gasteiger partial charge in [-0.1, -0.05) is 0 Å². The van der Waals surface area contributed by atoms with E-state index >= 15 is 0 Å². The summed E-state index contributed by atoms with van der Waals surface area (Å²) in [5.41, 5.74) is -0.589. The fourth-order valence-electron chi connectivity index (χ4n) is 1.33. The molecule has 1 fully saturated rings. The molecular weight excluding hydrogens is 142 g/mol. The van der Waals surface area contributed by atoms with Crippen LogP contribution in [0.1, 0.15) is 19.8 Å². The van der Waals surface area contributed by atoms with E-state index in [0.29, 0.717) is 5.92 Å². The minimum absolute atomic E-state index is 0.0116. The Balaban J connectivity index is 2.64. The highest BCUT2D eigenvalue weighted by Gasteiger charge is 2.47. The van der Waals surface area contributed by atoms with Crippen molar-refractivity contribution in [3.05, 3.63) is 0 Å². The van der Waals surface area contributed by atoms with Crippen molar-refractivity contribution in [3.8, 4) is 0 Å². The molecule has 0 aromatic carbocycles. The van der Waals surface area contributed by atoms with Crippen molar-refractivity contribution in [3.63, 3.8) is 0 Å². The lowest BCUT2D eigenvalue weighted by Gasteiger charge is -2.25. The number of carbonyl (C=O) groups is 1. The summed E-state index contributed by atoms with van der Waals surface area (Å²) in [5.74, 6) is 0.412. The van der Waals surface area contributed by atoms with E-state index in [-0.39, 0.29) is 5.91 Å². The second kappa shape index (κ2) is 2.81. The van der Waals surface area contributed by atoms with Gasteiger partial charge in [0.2, 0.25) is 0 Å². The number of carbonyl (C=O) groups excluding carboxylic acids is 1. The van der Waals surface area contributed by atoms with E-state index in [2.05, 4.69) is 5.32 Å². The Bertz CT molecular complexity index is 165. The third-order valence-corrected chi connectivity index (χ3v) is 2.46. The molecule has 0 aromatic rings. The molecule has 3 nitrogen and oxygen atoms in total. The van der Waals surface area contributed by atoms with Gasteiger partial charge in [0.05, 0.1) is 0 Å². The molecule has 3 heteroatoms. The van der Waals surface area contributed by atoms with Gasteiger partial charge in [0.25, 0.3) is 5.91 Å². The highest BCUT2D eigenvalue weighted by atomic mass is 16.5. The Morgan fingerprint density at radius 1 is 1.64 bits per heavy atom. The second-order valence-electron chi connectivity index (χ2n) is 3.16. The first-order valence-electron chi connectivity index (χ1n) is 3.92. The van der Waals surface area contributed by atoms with Crippen molar-refractivity contribution >= 4 is 5.91 Å². The summed E-state index contributed by atoms with van der Waals surface area (Å²) in [5, 5.41) is 2.61. The lowest BCUT2D eigenvalue weighted by Crippen LogP contribution is -2.46. The SMILES string of the molecule is CNC(=O)C(C)(OC)C1CC1. The fraction of sp³-hybridized carbons (Fsp3) is 0.875. The van der Waals surface area contributed by atoms with Gasteiger partial charge >= 0.3 is 0 Å². The van der Waals surface area contributed by atoms with Crippen molar-refractivity contribution < 1.29 is 9.53 Å². The highest BCUT2D eigenvalue weighted by molar-refractivity contribution is 5.85. The molecule has 0 bridgehead atoms. The number of rotatable bonds is 3. The smallest absolute Gasteiger partial charge is 0.251 e. The zero-order chi connectivity index (χ0) is 8.48. The molecule has 0 aliphatic heterocycles. The third kappa shape index (κ3) is 1.38. The molecule has 0 heterocycles. The summed E-state index contributed by atoms with van der Waals surface area (Å²) in [6.07, 6.45) is 2.22. The lowest BCUT2D eigenvalue weighted by atomic mass is 9.99. The molecule has 1 aliphatic carbocycles. The van der Waals surface area contributed by atoms with Crippen LogP contribution in [0.3, 0.4) is 0 Å². The van der Waals surface area contributed by atoms with Crippen molar-refractivity contribution in [2.24, 2.45) is 5.92 Å². The van der Waals surface area contributed by atoms with Crippen LogP contribution in [0.4, 0.5) is 0 Å². The van der Waals surface area contributed by atoms with Gasteiger partial charge in [-0.05, 0) is 25.7 Å². The van der Waals surface area contributed by atoms with E-state index in [1.165, 1.54) is 0 Å². The van der Waals surface area contributed by atoms with Crippen molar-refractivity contribution in [1.29, 1.82) is 0 Å². The summed E-state index contributed by atoms with van der Waals surface area (Å²) in [6, 6.07) is 0. The number of likely N-dealkylation sites (N-methyl/N-ethyl adjacent to an activating group) is 1. The molecule has 0 aromatic heterocycles. The Labute approximate surface area is 67.1 Å². The van der Waals surface area contributed by atoms with E-state index in [9.17, 15) is 4.79 Å². The first kappa shape index (κ1) is 8.53. The summed E-state index contributed by atoms with van der Waals surface area (Å²) in [4.78, 5) is 11.3. The average Bonchev–Trinajstić information content (AvgIpc) is 2.84. The van der Waals surface area contributed by atoms with E-state index in [1.807, 2.05) is 6.92 Å². The topological polar surface area (TPSA) is 38.3 Å². The van der Waals surface area contributed by atoms with Gasteiger partial charge in [-0.25, -0.2) is 0 Å². The molecule has 1 amide bonds. The Hall–Kier alpha value is -0.570. The highest BCUT2D eigenvalue weighted by Crippen LogP contribution is 2.41. The molecule has 1 unspecified atom stereocenters. The number of hydrogen-bond acceptors (Lipinski definition) is 2. The molecule has 1 saturated carbocycles. The summed E-state index contributed by atoms with van der Waals surface area (Å²) < 4.78 is 5.20. The predicted octanol–water partition coefficient (Wildman–Crippen LogP) is 0.547. The van der Waals surface area contributed by atoms with Crippen LogP contribution in [0.5, 0.6) is 0 Å². The number of nitrogens with one attached hydrogen (secondary N) is 1. The molecule has 0 spiro atoms. The maximum atomic E-state index is 11.3. The first-order valence-corrected chi connectivity index (χ1v) is 3.92. The maximum absolute atomic E-state index is 11.3. The van der Waals surface area contributed by atoms with Gasteiger partial charge in [0.1, 0.15) is 5.60 Å². The van der Waals surface area contributed by atoms with Crippen LogP contribution >= 0.6 is 0 Å². The zero-order valence-electron chi connectivity index (χ0n) is 7.31. The van der Waals surface area contributed by atoms with Crippen LogP contribution in [0.25, 0.3) is 0 Å². The normalized spacial score (nSPS) is 22.5. The van der Waals surface area contributed by atoms with Crippen molar-refractivity contribution in [2.75, 3.05) is 14.2 Å². The van der Waals surface area contributed by atoms with Gasteiger partial charge in [0, 0.05) is 14.2 Å². The van der Waals surface area contributed by atoms with Gasteiger partial charge in [-0.3, -0.25) is 4.79 Å². The standard InChI is InChI=1S/C8H15NO2/c1-8(11-3,6-4-5-6)7(10)9-2/h6H,4-5H2,1-3H3,(H,9,10). The van der Waals surface area contributed by atoms with E-state index in [0.717, 1.165) is 12.8 Å². The molecule has 1 aliphatic rings. The number of hydrogen-bond donors (Lipinski definition) is 1. The van der Waals surface area contributed by atoms with E-state index < -0.39 is 5.60 Å². The molecule has 11 heavy (non-hydrogen) atoms. The summed E-state index contributed by atoms with van der Waals surface area (Å²) in [6.45, 7) is 1.85. The molecule has 0 radical (unpaired) electrons. The Morgan fingerprint density at radius 3 is 2.45 bits per heavy atom. The molecule has 1 rings (SSSR count). The Kier molecular flexibility index (Phi) is 2.18. The average molecular weight is 157 g/mol. The summed E-state index contributed by atoms with van der Waals surface area (Å²) >= 11 is 0. The number of amides is 1. The van der Waals surface area contributed by atoms with Crippen molar-refractivity contribution in [1.82, 2.24) is 5.32 Å². The van der Waals surface area contributed by atoms with Crippen LogP contribution in [-0.2, 0) is 9.53 Å². The van der Waals surface area contributed by atoms with Gasteiger partial charge in [-0.15, -0.1) is 0 Å². The van der Waals surface area contributed by atoms with Gasteiger partial charge in [0.15, 0.2) is 0 Å². The Morgan fingerprint density at radius 2 is 2.18 bits per heavy atom. The zero-order valence-corrected chi connectivity index (χ0v) is 7.31. The monoisotopic (exact) mass is 157 g/mol. The molecule has 64 valence electrons. The van der Waals surface area contributed by atoms with Crippen LogP contribution < -0.4 is 5.32 Å². The van der Waals surface area contributed by atoms with Crippen molar-refractivity contribution in [2.45, 2.75) is 25.4 Å². The van der Waals surface area contributed by atoms with Crippen LogP contribution in [0.15, 0.2) is 0 Å². The van der Waals surface area contributed by atoms with Gasteiger partial charge in [-0.2, -0.15) is 0 Å². The van der Waals surface area contributed by atoms with Gasteiger partial charge < -0.3 is 10.1 Å². The molecule has 1 atom stereocenters. The largest absolute Gasteiger partial charge is 0.368 e. The predicted molar refractivity (Wildman–Crippen MR) is 42.2 cm³/mol. The molecule has 0 saturated heterocycles. The van der Waals surface area contributed by atoms with E-state index in [1.54, 1.807) is 14.2 Å². The van der Waals surface area contributed by atoms with Crippen LogP contribution in [-0.4, -0.2) is 25.7 Å². The fourth-order valence-corrected chi connectivity index (χ4v) is 1.33. The summed E-state index contributed by atoms with van der Waals surface area (Å²) in [7, 11) is 3.23. The quantitative estimate of drug-likeness (QED) is 0.649. The first-order chi connectivity index (χ1) is 5.15. The molecule has 1 N–H and O–H groups in total. The van der Waals surface area contributed by atoms with Crippen LogP contribution in [0.2, 0.25) is 0 Å². The lowest BCUT2D eigenvalue weighted by molar-refractivity contribution is -0.143. The number of methoxy groups -OCH3 is 1. The third-order valence-electron chi connectivity index (χ3n) is 2.46. The second-order valence-corrected chi connectivity index (χ2v) is 3.16. The van der Waals surface area contributed by atoms with Crippen LogP contribution in [0, 0.1) is 5.92 Å². The maximum Gasteiger partial charge on any atom is 0.251 e.